The molecule has 1 amide bonds. The minimum atomic E-state index is -0.478. The van der Waals surface area contributed by atoms with E-state index in [0.717, 1.165) is 3.57 Å². The van der Waals surface area contributed by atoms with Crippen LogP contribution in [0.4, 0.5) is 11.4 Å². The Kier molecular flexibility index (Phi) is 6.18. The second-order valence-electron chi connectivity index (χ2n) is 5.08. The highest BCUT2D eigenvalue weighted by molar-refractivity contribution is 14.1. The van der Waals surface area contributed by atoms with E-state index in [0.29, 0.717) is 34.9 Å². The summed E-state index contributed by atoms with van der Waals surface area (Å²) in [7, 11) is 1.53. The monoisotopic (exact) mass is 456 g/mol. The van der Waals surface area contributed by atoms with Gasteiger partial charge in [-0.25, -0.2) is 0 Å². The van der Waals surface area contributed by atoms with Crippen LogP contribution in [0.5, 0.6) is 11.5 Å². The van der Waals surface area contributed by atoms with E-state index in [-0.39, 0.29) is 11.6 Å². The summed E-state index contributed by atoms with van der Waals surface area (Å²) in [4.78, 5) is 23.1. The van der Waals surface area contributed by atoms with Gasteiger partial charge in [-0.05, 0) is 54.6 Å². The van der Waals surface area contributed by atoms with Crippen molar-refractivity contribution in [1.82, 2.24) is 0 Å². The number of nitro groups is 1. The Morgan fingerprint density at radius 3 is 2.68 bits per heavy atom. The van der Waals surface area contributed by atoms with Crippen molar-refractivity contribution in [1.29, 1.82) is 0 Å². The fourth-order valence-corrected chi connectivity index (χ4v) is 3.13. The maximum absolute atomic E-state index is 12.6. The van der Waals surface area contributed by atoms with Crippen LogP contribution in [0.3, 0.4) is 0 Å². The van der Waals surface area contributed by atoms with E-state index in [1.54, 1.807) is 25.1 Å². The van der Waals surface area contributed by atoms with Crippen molar-refractivity contribution in [2.45, 2.75) is 13.8 Å². The van der Waals surface area contributed by atoms with Gasteiger partial charge in [-0.2, -0.15) is 0 Å². The zero-order valence-corrected chi connectivity index (χ0v) is 16.1. The lowest BCUT2D eigenvalue weighted by Crippen LogP contribution is -2.14. The van der Waals surface area contributed by atoms with Crippen LogP contribution in [0.1, 0.15) is 22.8 Å². The molecule has 132 valence electrons. The lowest BCUT2D eigenvalue weighted by molar-refractivity contribution is -0.385. The third-order valence-electron chi connectivity index (χ3n) is 3.53. The van der Waals surface area contributed by atoms with Crippen LogP contribution in [0.25, 0.3) is 0 Å². The number of nitro benzene ring substituents is 1. The Balaban J connectivity index is 2.36. The second-order valence-corrected chi connectivity index (χ2v) is 6.25. The maximum Gasteiger partial charge on any atom is 0.274 e. The number of methoxy groups -OCH3 is 1. The summed E-state index contributed by atoms with van der Waals surface area (Å²) in [5.41, 5.74) is 1.12. The van der Waals surface area contributed by atoms with Crippen molar-refractivity contribution in [3.8, 4) is 11.5 Å². The zero-order valence-electron chi connectivity index (χ0n) is 14.0. The van der Waals surface area contributed by atoms with Gasteiger partial charge in [0.2, 0.25) is 0 Å². The van der Waals surface area contributed by atoms with Crippen LogP contribution in [0, 0.1) is 20.6 Å². The molecule has 0 aliphatic carbocycles. The van der Waals surface area contributed by atoms with Gasteiger partial charge in [0, 0.05) is 11.6 Å². The first-order valence-electron chi connectivity index (χ1n) is 7.44. The van der Waals surface area contributed by atoms with E-state index in [1.807, 2.05) is 6.92 Å². The molecule has 1 N–H and O–H groups in total. The number of rotatable bonds is 6. The molecular weight excluding hydrogens is 439 g/mol. The summed E-state index contributed by atoms with van der Waals surface area (Å²) in [6.45, 7) is 3.87. The average Bonchev–Trinajstić information content (AvgIpc) is 2.56. The number of anilines is 1. The molecule has 7 nitrogen and oxygen atoms in total. The number of nitrogens with zero attached hydrogens (tertiary/aromatic N) is 1. The summed E-state index contributed by atoms with van der Waals surface area (Å²) in [6, 6.07) is 7.81. The molecule has 0 unspecified atom stereocenters. The Hall–Kier alpha value is -2.36. The largest absolute Gasteiger partial charge is 0.492 e. The van der Waals surface area contributed by atoms with Crippen LogP contribution in [0.15, 0.2) is 30.3 Å². The third kappa shape index (κ3) is 4.19. The molecule has 0 aromatic heterocycles. The quantitative estimate of drug-likeness (QED) is 0.401. The number of halogens is 1. The Morgan fingerprint density at radius 1 is 1.36 bits per heavy atom. The molecule has 0 fully saturated rings. The van der Waals surface area contributed by atoms with Gasteiger partial charge in [0.25, 0.3) is 11.6 Å². The molecular formula is C17H17IN2O5. The van der Waals surface area contributed by atoms with Crippen molar-refractivity contribution in [2.75, 3.05) is 19.0 Å². The van der Waals surface area contributed by atoms with E-state index in [9.17, 15) is 14.9 Å². The first-order valence-corrected chi connectivity index (χ1v) is 8.52. The van der Waals surface area contributed by atoms with Crippen LogP contribution < -0.4 is 14.8 Å². The van der Waals surface area contributed by atoms with Gasteiger partial charge in [0.05, 0.1) is 33.5 Å². The number of benzene rings is 2. The number of carbonyl (C=O) groups is 1. The van der Waals surface area contributed by atoms with E-state index < -0.39 is 4.92 Å². The number of carbonyl (C=O) groups excluding carboxylic acids is 1. The van der Waals surface area contributed by atoms with Crippen LogP contribution in [0.2, 0.25) is 0 Å². The highest BCUT2D eigenvalue weighted by atomic mass is 127. The normalized spacial score (nSPS) is 10.2. The van der Waals surface area contributed by atoms with Gasteiger partial charge in [-0.15, -0.1) is 0 Å². The van der Waals surface area contributed by atoms with Crippen LogP contribution in [-0.4, -0.2) is 24.5 Å². The summed E-state index contributed by atoms with van der Waals surface area (Å²) >= 11 is 2.06. The molecule has 2 rings (SSSR count). The topological polar surface area (TPSA) is 90.7 Å². The minimum Gasteiger partial charge on any atom is -0.492 e. The van der Waals surface area contributed by atoms with Crippen LogP contribution >= 0.6 is 22.6 Å². The standard InChI is InChI=1S/C17H17IN2O5/c1-4-25-15-9-11(8-12(18)16(15)24-3)17(21)19-13-6-5-7-14(10(13)2)20(22)23/h5-9H,4H2,1-3H3,(H,19,21). The molecule has 0 atom stereocenters. The summed E-state index contributed by atoms with van der Waals surface area (Å²) in [5, 5.41) is 13.7. The molecule has 0 saturated carbocycles. The molecule has 8 heteroatoms. The predicted molar refractivity (Wildman–Crippen MR) is 103 cm³/mol. The molecule has 2 aromatic rings. The van der Waals surface area contributed by atoms with E-state index in [1.165, 1.54) is 19.2 Å². The maximum atomic E-state index is 12.6. The third-order valence-corrected chi connectivity index (χ3v) is 4.33. The van der Waals surface area contributed by atoms with Gasteiger partial charge < -0.3 is 14.8 Å². The van der Waals surface area contributed by atoms with Gasteiger partial charge in [0.15, 0.2) is 11.5 Å². The van der Waals surface area contributed by atoms with E-state index >= 15 is 0 Å². The number of amides is 1. The minimum absolute atomic E-state index is 0.0443. The number of hydrogen-bond acceptors (Lipinski definition) is 5. The fourth-order valence-electron chi connectivity index (χ4n) is 2.31. The molecule has 0 bridgehead atoms. The van der Waals surface area contributed by atoms with Gasteiger partial charge >= 0.3 is 0 Å². The smallest absolute Gasteiger partial charge is 0.274 e. The summed E-state index contributed by atoms with van der Waals surface area (Å²) in [6.07, 6.45) is 0. The molecule has 0 heterocycles. The molecule has 0 aliphatic rings. The van der Waals surface area contributed by atoms with Gasteiger partial charge in [0.1, 0.15) is 0 Å². The summed E-state index contributed by atoms with van der Waals surface area (Å²) < 4.78 is 11.6. The van der Waals surface area contributed by atoms with Crippen molar-refractivity contribution in [2.24, 2.45) is 0 Å². The van der Waals surface area contributed by atoms with Crippen LogP contribution in [-0.2, 0) is 0 Å². The van der Waals surface area contributed by atoms with Crippen molar-refractivity contribution < 1.29 is 19.2 Å². The van der Waals surface area contributed by atoms with Crippen molar-refractivity contribution in [3.63, 3.8) is 0 Å². The highest BCUT2D eigenvalue weighted by Crippen LogP contribution is 2.34. The predicted octanol–water partition coefficient (Wildman–Crippen LogP) is 4.17. The lowest BCUT2D eigenvalue weighted by atomic mass is 10.1. The Morgan fingerprint density at radius 2 is 2.08 bits per heavy atom. The number of nitrogens with one attached hydrogen (secondary N) is 1. The molecule has 0 radical (unpaired) electrons. The molecule has 2 aromatic carbocycles. The second kappa shape index (κ2) is 8.15. The highest BCUT2D eigenvalue weighted by Gasteiger charge is 2.18. The Labute approximate surface area is 158 Å². The first kappa shape index (κ1) is 19.0. The fraction of sp³-hybridized carbons (Fsp3) is 0.235. The molecule has 25 heavy (non-hydrogen) atoms. The van der Waals surface area contributed by atoms with Gasteiger partial charge in [-0.3, -0.25) is 14.9 Å². The number of ether oxygens (including phenoxy) is 2. The molecule has 0 saturated heterocycles. The average molecular weight is 456 g/mol. The van der Waals surface area contributed by atoms with Crippen molar-refractivity contribution in [3.05, 3.63) is 55.1 Å². The van der Waals surface area contributed by atoms with E-state index in [2.05, 4.69) is 27.9 Å². The van der Waals surface area contributed by atoms with Gasteiger partial charge in [-0.1, -0.05) is 6.07 Å². The lowest BCUT2D eigenvalue weighted by Gasteiger charge is -2.14. The first-order chi connectivity index (χ1) is 11.9. The molecule has 0 spiro atoms. The summed E-state index contributed by atoms with van der Waals surface area (Å²) in [5.74, 6) is 0.647. The molecule has 0 aliphatic heterocycles. The number of hydrogen-bond donors (Lipinski definition) is 1. The van der Waals surface area contributed by atoms with E-state index in [4.69, 9.17) is 9.47 Å². The SMILES string of the molecule is CCOc1cc(C(=O)Nc2cccc([N+](=O)[O-])c2C)cc(I)c1OC. The zero-order chi connectivity index (χ0) is 18.6. The van der Waals surface area contributed by atoms with Crippen molar-refractivity contribution >= 4 is 39.9 Å². The Bertz CT molecular complexity index is 823.